The summed E-state index contributed by atoms with van der Waals surface area (Å²) in [6.45, 7) is 6.11. The lowest BCUT2D eigenvalue weighted by Crippen LogP contribution is -2.41. The Morgan fingerprint density at radius 3 is 2.15 bits per heavy atom. The van der Waals surface area contributed by atoms with Crippen molar-refractivity contribution in [2.45, 2.75) is 32.0 Å². The van der Waals surface area contributed by atoms with Gasteiger partial charge in [0.05, 0.1) is 36.8 Å². The number of hydrogen-bond donors (Lipinski definition) is 0. The maximum absolute atomic E-state index is 13.7. The summed E-state index contributed by atoms with van der Waals surface area (Å²) in [7, 11) is 0. The van der Waals surface area contributed by atoms with E-state index in [-0.39, 0.29) is 41.7 Å². The fourth-order valence-corrected chi connectivity index (χ4v) is 6.27. The molecule has 1 saturated heterocycles. The van der Waals surface area contributed by atoms with Crippen LogP contribution >= 0.6 is 24.0 Å². The van der Waals surface area contributed by atoms with Crippen molar-refractivity contribution in [2.75, 3.05) is 46.0 Å². The molecule has 1 atom stereocenters. The molecular weight excluding hydrogens is 660 g/mol. The highest BCUT2D eigenvalue weighted by Gasteiger charge is 2.34. The van der Waals surface area contributed by atoms with Gasteiger partial charge in [-0.15, -0.1) is 12.4 Å². The third kappa shape index (κ3) is 10.5. The van der Waals surface area contributed by atoms with Crippen LogP contribution in [0.5, 0.6) is 5.75 Å². The van der Waals surface area contributed by atoms with E-state index in [0.29, 0.717) is 63.7 Å². The molecule has 256 valence electrons. The van der Waals surface area contributed by atoms with Gasteiger partial charge in [0.2, 0.25) is 5.91 Å². The fraction of sp³-hybridized carbons (Fsp3) is 0.342. The summed E-state index contributed by atoms with van der Waals surface area (Å²) in [6, 6.07) is 31.9. The van der Waals surface area contributed by atoms with E-state index in [0.717, 1.165) is 22.8 Å². The Morgan fingerprint density at radius 2 is 1.52 bits per heavy atom. The highest BCUT2D eigenvalue weighted by molar-refractivity contribution is 6.32. The van der Waals surface area contributed by atoms with Crippen LogP contribution in [-0.4, -0.2) is 61.7 Å². The summed E-state index contributed by atoms with van der Waals surface area (Å²) >= 11 is 6.38. The van der Waals surface area contributed by atoms with Crippen molar-refractivity contribution in [3.63, 3.8) is 0 Å². The molecule has 10 heteroatoms. The second-order valence-corrected chi connectivity index (χ2v) is 12.5. The first kappa shape index (κ1) is 37.3. The lowest BCUT2D eigenvalue weighted by molar-refractivity contribution is -0.137. The average molecular weight is 702 g/mol. The molecule has 4 aromatic carbocycles. The summed E-state index contributed by atoms with van der Waals surface area (Å²) in [6.07, 6.45) is -4.25. The van der Waals surface area contributed by atoms with Gasteiger partial charge in [0.1, 0.15) is 5.75 Å². The van der Waals surface area contributed by atoms with Gasteiger partial charge in [0.15, 0.2) is 0 Å². The predicted molar refractivity (Wildman–Crippen MR) is 186 cm³/mol. The number of carbonyl (C=O) groups excluding carboxylic acids is 1. The van der Waals surface area contributed by atoms with Gasteiger partial charge in [0, 0.05) is 44.6 Å². The third-order valence-corrected chi connectivity index (χ3v) is 8.79. The maximum atomic E-state index is 13.7. The maximum Gasteiger partial charge on any atom is 0.417 e. The second kappa shape index (κ2) is 17.7. The molecule has 1 heterocycles. The van der Waals surface area contributed by atoms with Crippen molar-refractivity contribution in [3.05, 3.63) is 136 Å². The number of benzene rings is 4. The normalized spacial score (nSPS) is 14.1. The monoisotopic (exact) mass is 700 g/mol. The predicted octanol–water partition coefficient (Wildman–Crippen LogP) is 8.53. The van der Waals surface area contributed by atoms with E-state index in [9.17, 15) is 18.0 Å². The Bertz CT molecular complexity index is 1550. The number of rotatable bonds is 13. The van der Waals surface area contributed by atoms with Gasteiger partial charge < -0.3 is 14.4 Å². The Labute approximate surface area is 292 Å². The quantitative estimate of drug-likeness (QED) is 0.140. The number of hydrogen-bond acceptors (Lipinski definition) is 4. The molecule has 5 rings (SSSR count). The number of alkyl halides is 3. The molecular formula is C38H41Cl2F3N2O3. The Kier molecular flexibility index (Phi) is 13.8. The van der Waals surface area contributed by atoms with E-state index in [4.69, 9.17) is 21.1 Å². The second-order valence-electron chi connectivity index (χ2n) is 12.1. The van der Waals surface area contributed by atoms with E-state index in [1.807, 2.05) is 65.6 Å². The van der Waals surface area contributed by atoms with Crippen LogP contribution in [0, 0.1) is 5.92 Å². The lowest BCUT2D eigenvalue weighted by Gasteiger charge is -2.31. The first-order chi connectivity index (χ1) is 22.7. The number of morpholine rings is 1. The van der Waals surface area contributed by atoms with Crippen molar-refractivity contribution in [1.82, 2.24) is 9.80 Å². The minimum Gasteiger partial charge on any atom is -0.493 e. The number of halogens is 5. The van der Waals surface area contributed by atoms with Gasteiger partial charge in [-0.25, -0.2) is 0 Å². The van der Waals surface area contributed by atoms with Gasteiger partial charge in [-0.3, -0.25) is 9.69 Å². The minimum atomic E-state index is -4.54. The van der Waals surface area contributed by atoms with Crippen molar-refractivity contribution in [3.8, 4) is 5.75 Å². The highest BCUT2D eigenvalue weighted by atomic mass is 35.5. The molecule has 1 aliphatic rings. The molecule has 5 nitrogen and oxygen atoms in total. The topological polar surface area (TPSA) is 42.0 Å². The molecule has 1 fully saturated rings. The smallest absolute Gasteiger partial charge is 0.417 e. The standard InChI is InChI=1S/C38H40ClF3N2O3.ClH/c1-28(27-47-33-16-8-10-29(22-33)23-36(45)44-18-20-46-21-19-44)24-43(25-32-15-9-17-35(37(32)39)38(40,41)42)26-34(30-11-4-2-5-12-30)31-13-6-3-7-14-31;/h2-17,22,28,34H,18-21,23-27H2,1H3;1H. The van der Waals surface area contributed by atoms with Crippen LogP contribution in [0.15, 0.2) is 103 Å². The van der Waals surface area contributed by atoms with E-state index in [1.165, 1.54) is 6.07 Å². The minimum absolute atomic E-state index is 0. The molecule has 0 N–H and O–H groups in total. The third-order valence-electron chi connectivity index (χ3n) is 8.34. The van der Waals surface area contributed by atoms with E-state index in [1.54, 1.807) is 6.07 Å². The van der Waals surface area contributed by atoms with E-state index >= 15 is 0 Å². The largest absolute Gasteiger partial charge is 0.493 e. The van der Waals surface area contributed by atoms with Crippen LogP contribution in [0.25, 0.3) is 0 Å². The molecule has 0 aromatic heterocycles. The summed E-state index contributed by atoms with van der Waals surface area (Å²) < 4.78 is 52.8. The number of amides is 1. The highest BCUT2D eigenvalue weighted by Crippen LogP contribution is 2.37. The molecule has 0 aliphatic carbocycles. The first-order valence-corrected chi connectivity index (χ1v) is 16.3. The molecule has 0 bridgehead atoms. The van der Waals surface area contributed by atoms with Crippen LogP contribution in [0.3, 0.4) is 0 Å². The SMILES string of the molecule is CC(COc1cccc(CC(=O)N2CCOCC2)c1)CN(Cc1cccc(C(F)(F)F)c1Cl)CC(c1ccccc1)c1ccccc1.Cl. The summed E-state index contributed by atoms with van der Waals surface area (Å²) in [4.78, 5) is 16.7. The van der Waals surface area contributed by atoms with Gasteiger partial charge in [-0.2, -0.15) is 13.2 Å². The number of ether oxygens (including phenoxy) is 2. The Balaban J connectivity index is 0.00000520. The van der Waals surface area contributed by atoms with Gasteiger partial charge in [-0.1, -0.05) is 103 Å². The zero-order chi connectivity index (χ0) is 33.2. The van der Waals surface area contributed by atoms with Gasteiger partial charge in [-0.05, 0) is 40.5 Å². The molecule has 48 heavy (non-hydrogen) atoms. The zero-order valence-electron chi connectivity index (χ0n) is 26.9. The van der Waals surface area contributed by atoms with Crippen molar-refractivity contribution < 1.29 is 27.4 Å². The Hall–Kier alpha value is -3.56. The van der Waals surface area contributed by atoms with Crippen LogP contribution in [-0.2, 0) is 28.7 Å². The van der Waals surface area contributed by atoms with Gasteiger partial charge >= 0.3 is 6.18 Å². The number of carbonyl (C=O) groups is 1. The van der Waals surface area contributed by atoms with Crippen LogP contribution in [0.1, 0.15) is 40.7 Å². The van der Waals surface area contributed by atoms with E-state index in [2.05, 4.69) is 36.1 Å². The lowest BCUT2D eigenvalue weighted by atomic mass is 9.90. The Morgan fingerprint density at radius 1 is 0.896 bits per heavy atom. The van der Waals surface area contributed by atoms with E-state index < -0.39 is 11.7 Å². The fourth-order valence-electron chi connectivity index (χ4n) is 5.97. The summed E-state index contributed by atoms with van der Waals surface area (Å²) in [5, 5.41) is -0.270. The average Bonchev–Trinajstić information content (AvgIpc) is 3.08. The van der Waals surface area contributed by atoms with Crippen molar-refractivity contribution in [2.24, 2.45) is 5.92 Å². The molecule has 1 amide bonds. The molecule has 1 aliphatic heterocycles. The van der Waals surface area contributed by atoms with Crippen LogP contribution < -0.4 is 4.74 Å². The van der Waals surface area contributed by atoms with Crippen LogP contribution in [0.4, 0.5) is 13.2 Å². The van der Waals surface area contributed by atoms with Crippen LogP contribution in [0.2, 0.25) is 5.02 Å². The van der Waals surface area contributed by atoms with Crippen molar-refractivity contribution in [1.29, 1.82) is 0 Å². The molecule has 0 saturated carbocycles. The van der Waals surface area contributed by atoms with Crippen molar-refractivity contribution >= 4 is 29.9 Å². The molecule has 0 radical (unpaired) electrons. The molecule has 0 spiro atoms. The molecule has 4 aromatic rings. The number of nitrogens with zero attached hydrogens (tertiary/aromatic N) is 2. The summed E-state index contributed by atoms with van der Waals surface area (Å²) in [5.74, 6) is 0.735. The summed E-state index contributed by atoms with van der Waals surface area (Å²) in [5.41, 5.74) is 2.70. The zero-order valence-corrected chi connectivity index (χ0v) is 28.4. The molecule has 1 unspecified atom stereocenters. The first-order valence-electron chi connectivity index (χ1n) is 15.9. The van der Waals surface area contributed by atoms with Gasteiger partial charge in [0.25, 0.3) is 0 Å².